The van der Waals surface area contributed by atoms with Crippen LogP contribution in [0, 0.1) is 27.4 Å². The molecule has 0 aromatic heterocycles. The number of nitrogens with one attached hydrogen (secondary N) is 2. The molecule has 2 N–H and O–H groups in total. The van der Waals surface area contributed by atoms with Crippen molar-refractivity contribution in [1.82, 2.24) is 5.32 Å². The molecule has 0 radical (unpaired) electrons. The number of benzene rings is 1. The van der Waals surface area contributed by atoms with Gasteiger partial charge < -0.3 is 10.6 Å². The highest BCUT2D eigenvalue weighted by molar-refractivity contribution is 5.61. The van der Waals surface area contributed by atoms with Gasteiger partial charge in [-0.3, -0.25) is 10.1 Å². The van der Waals surface area contributed by atoms with E-state index in [2.05, 4.69) is 10.6 Å². The Kier molecular flexibility index (Phi) is 3.75. The molecule has 1 aromatic carbocycles. The molecule has 1 atom stereocenters. The van der Waals surface area contributed by atoms with Crippen LogP contribution in [0.3, 0.4) is 0 Å². The van der Waals surface area contributed by atoms with Crippen LogP contribution in [-0.4, -0.2) is 24.6 Å². The van der Waals surface area contributed by atoms with Crippen LogP contribution < -0.4 is 10.6 Å². The summed E-state index contributed by atoms with van der Waals surface area (Å²) in [6.45, 7) is 2.78. The normalized spacial score (nSPS) is 18.3. The van der Waals surface area contributed by atoms with Crippen molar-refractivity contribution >= 4 is 11.4 Å². The molecular weight excluding hydrogens is 232 g/mol. The quantitative estimate of drug-likeness (QED) is 0.620. The Morgan fingerprint density at radius 2 is 2.44 bits per heavy atom. The smallest absolute Gasteiger partial charge is 0.270 e. The number of nitrogens with zero attached hydrogens (tertiary/aromatic N) is 2. The second kappa shape index (κ2) is 5.47. The van der Waals surface area contributed by atoms with Gasteiger partial charge in [0.15, 0.2) is 0 Å². The molecular formula is C12H14N4O2. The Morgan fingerprint density at radius 3 is 3.06 bits per heavy atom. The predicted octanol–water partition coefficient (Wildman–Crippen LogP) is 1.49. The molecule has 6 heteroatoms. The summed E-state index contributed by atoms with van der Waals surface area (Å²) in [5.41, 5.74) is 0.921. The lowest BCUT2D eigenvalue weighted by atomic mass is 10.1. The number of hydrogen-bond acceptors (Lipinski definition) is 5. The molecule has 1 aromatic rings. The van der Waals surface area contributed by atoms with Crippen LogP contribution in [0.15, 0.2) is 18.2 Å². The first-order valence-corrected chi connectivity index (χ1v) is 5.84. The summed E-state index contributed by atoms with van der Waals surface area (Å²) >= 11 is 0. The van der Waals surface area contributed by atoms with Crippen LogP contribution in [0.2, 0.25) is 0 Å². The maximum atomic E-state index is 10.6. The fourth-order valence-corrected chi connectivity index (χ4v) is 2.04. The molecule has 6 nitrogen and oxygen atoms in total. The molecule has 1 heterocycles. The van der Waals surface area contributed by atoms with Gasteiger partial charge in [0, 0.05) is 18.7 Å². The summed E-state index contributed by atoms with van der Waals surface area (Å²) in [4.78, 5) is 10.1. The Hall–Kier alpha value is -2.13. The van der Waals surface area contributed by atoms with Crippen molar-refractivity contribution in [1.29, 1.82) is 5.26 Å². The van der Waals surface area contributed by atoms with Crippen molar-refractivity contribution in [2.24, 2.45) is 5.92 Å². The van der Waals surface area contributed by atoms with Gasteiger partial charge in [-0.2, -0.15) is 5.26 Å². The second-order valence-corrected chi connectivity index (χ2v) is 4.34. The van der Waals surface area contributed by atoms with E-state index in [1.165, 1.54) is 12.1 Å². The van der Waals surface area contributed by atoms with E-state index in [4.69, 9.17) is 5.26 Å². The topological polar surface area (TPSA) is 91.0 Å². The highest BCUT2D eigenvalue weighted by atomic mass is 16.6. The molecule has 0 aliphatic carbocycles. The third-order valence-corrected chi connectivity index (χ3v) is 3.08. The van der Waals surface area contributed by atoms with E-state index in [-0.39, 0.29) is 5.69 Å². The lowest BCUT2D eigenvalue weighted by molar-refractivity contribution is -0.384. The monoisotopic (exact) mass is 246 g/mol. The summed E-state index contributed by atoms with van der Waals surface area (Å²) in [7, 11) is 0. The summed E-state index contributed by atoms with van der Waals surface area (Å²) in [5, 5.41) is 26.1. The van der Waals surface area contributed by atoms with Gasteiger partial charge in [0.1, 0.15) is 6.07 Å². The van der Waals surface area contributed by atoms with E-state index >= 15 is 0 Å². The summed E-state index contributed by atoms with van der Waals surface area (Å²) in [5.74, 6) is 0.548. The molecule has 1 aliphatic rings. The third-order valence-electron chi connectivity index (χ3n) is 3.08. The predicted molar refractivity (Wildman–Crippen MR) is 67.3 cm³/mol. The number of non-ortho nitro benzene ring substituents is 1. The minimum atomic E-state index is -0.495. The maximum Gasteiger partial charge on any atom is 0.270 e. The summed E-state index contributed by atoms with van der Waals surface area (Å²) < 4.78 is 0. The van der Waals surface area contributed by atoms with E-state index in [0.717, 1.165) is 26.1 Å². The van der Waals surface area contributed by atoms with E-state index in [9.17, 15) is 10.1 Å². The van der Waals surface area contributed by atoms with E-state index in [1.54, 1.807) is 6.07 Å². The van der Waals surface area contributed by atoms with E-state index < -0.39 is 4.92 Å². The van der Waals surface area contributed by atoms with Gasteiger partial charge in [0.2, 0.25) is 0 Å². The fourth-order valence-electron chi connectivity index (χ4n) is 2.04. The Morgan fingerprint density at radius 1 is 1.61 bits per heavy atom. The van der Waals surface area contributed by atoms with Crippen molar-refractivity contribution < 1.29 is 4.92 Å². The maximum absolute atomic E-state index is 10.6. The average molecular weight is 246 g/mol. The lowest BCUT2D eigenvalue weighted by Crippen LogP contribution is -2.17. The summed E-state index contributed by atoms with van der Waals surface area (Å²) in [6.07, 6.45) is 1.11. The van der Waals surface area contributed by atoms with Crippen LogP contribution >= 0.6 is 0 Å². The van der Waals surface area contributed by atoms with Crippen LogP contribution in [0.4, 0.5) is 11.4 Å². The Labute approximate surface area is 105 Å². The summed E-state index contributed by atoms with van der Waals surface area (Å²) in [6, 6.07) is 6.29. The molecule has 2 rings (SSSR count). The number of hydrogen-bond donors (Lipinski definition) is 2. The number of nitro groups is 1. The molecule has 18 heavy (non-hydrogen) atoms. The van der Waals surface area contributed by atoms with E-state index in [1.807, 2.05) is 6.07 Å². The minimum Gasteiger partial charge on any atom is -0.384 e. The first kappa shape index (κ1) is 12.3. The van der Waals surface area contributed by atoms with Crippen LogP contribution in [0.1, 0.15) is 12.0 Å². The van der Waals surface area contributed by atoms with Crippen molar-refractivity contribution in [3.8, 4) is 6.07 Å². The SMILES string of the molecule is N#Cc1cc([N+](=O)[O-])ccc1NCC1CCNC1. The molecule has 1 unspecified atom stereocenters. The van der Waals surface area contributed by atoms with Gasteiger partial charge in [-0.15, -0.1) is 0 Å². The number of rotatable bonds is 4. The first-order valence-electron chi connectivity index (χ1n) is 5.84. The lowest BCUT2D eigenvalue weighted by Gasteiger charge is -2.12. The molecule has 0 bridgehead atoms. The van der Waals surface area contributed by atoms with Crippen LogP contribution in [0.25, 0.3) is 0 Å². The molecule has 1 fully saturated rings. The molecule has 0 spiro atoms. The molecule has 94 valence electrons. The van der Waals surface area contributed by atoms with Gasteiger partial charge in [0.25, 0.3) is 5.69 Å². The fraction of sp³-hybridized carbons (Fsp3) is 0.417. The second-order valence-electron chi connectivity index (χ2n) is 4.34. The standard InChI is InChI=1S/C12H14N4O2/c13-6-10-5-11(16(17)18)1-2-12(10)15-8-9-3-4-14-7-9/h1-2,5,9,14-15H,3-4,7-8H2. The van der Waals surface area contributed by atoms with E-state index in [0.29, 0.717) is 17.2 Å². The highest BCUT2D eigenvalue weighted by Gasteiger charge is 2.15. The number of anilines is 1. The Bertz CT molecular complexity index is 489. The van der Waals surface area contributed by atoms with Crippen molar-refractivity contribution in [2.45, 2.75) is 6.42 Å². The number of nitro benzene ring substituents is 1. The average Bonchev–Trinajstić information content (AvgIpc) is 2.89. The zero-order chi connectivity index (χ0) is 13.0. The third kappa shape index (κ3) is 2.76. The largest absolute Gasteiger partial charge is 0.384 e. The van der Waals surface area contributed by atoms with Crippen molar-refractivity contribution in [3.63, 3.8) is 0 Å². The zero-order valence-corrected chi connectivity index (χ0v) is 9.85. The number of nitriles is 1. The first-order chi connectivity index (χ1) is 8.70. The molecule has 1 saturated heterocycles. The molecule has 0 saturated carbocycles. The van der Waals surface area contributed by atoms with Gasteiger partial charge in [-0.05, 0) is 31.5 Å². The molecule has 1 aliphatic heterocycles. The van der Waals surface area contributed by atoms with Crippen LogP contribution in [0.5, 0.6) is 0 Å². The van der Waals surface area contributed by atoms with Gasteiger partial charge >= 0.3 is 0 Å². The zero-order valence-electron chi connectivity index (χ0n) is 9.85. The molecule has 0 amide bonds. The minimum absolute atomic E-state index is 0.0559. The van der Waals surface area contributed by atoms with Gasteiger partial charge in [-0.25, -0.2) is 0 Å². The van der Waals surface area contributed by atoms with Crippen molar-refractivity contribution in [3.05, 3.63) is 33.9 Å². The van der Waals surface area contributed by atoms with Gasteiger partial charge in [0.05, 0.1) is 16.2 Å². The van der Waals surface area contributed by atoms with Crippen LogP contribution in [-0.2, 0) is 0 Å². The van der Waals surface area contributed by atoms with Gasteiger partial charge in [-0.1, -0.05) is 0 Å². The Balaban J connectivity index is 2.07. The van der Waals surface area contributed by atoms with Crippen molar-refractivity contribution in [2.75, 3.05) is 25.0 Å². The highest BCUT2D eigenvalue weighted by Crippen LogP contribution is 2.22.